The Kier molecular flexibility index (Phi) is 4.19. The smallest absolute Gasteiger partial charge is 0.255 e. The van der Waals surface area contributed by atoms with Crippen LogP contribution in [0.2, 0.25) is 0 Å². The van der Waals surface area contributed by atoms with Gasteiger partial charge >= 0.3 is 0 Å². The zero-order valence-corrected chi connectivity index (χ0v) is 15.0. The lowest BCUT2D eigenvalue weighted by atomic mass is 9.62. The van der Waals surface area contributed by atoms with Crippen LogP contribution in [0.5, 0.6) is 0 Å². The van der Waals surface area contributed by atoms with Gasteiger partial charge in [-0.2, -0.15) is 0 Å². The Hall–Kier alpha value is -0.900. The maximum atomic E-state index is 13.3. The molecule has 1 saturated carbocycles. The first-order valence-electron chi connectivity index (χ1n) is 7.55. The highest BCUT2D eigenvalue weighted by atomic mass is 31.2. The molecule has 5 atom stereocenters. The van der Waals surface area contributed by atoms with E-state index in [0.717, 1.165) is 4.57 Å². The molecular weight excluding hydrogens is 376 g/mol. The third-order valence-corrected chi connectivity index (χ3v) is 11.0. The Bertz CT molecular complexity index is 782. The van der Waals surface area contributed by atoms with E-state index in [2.05, 4.69) is 10.7 Å². The lowest BCUT2D eigenvalue weighted by Gasteiger charge is -2.67. The predicted octanol–water partition coefficient (Wildman–Crippen LogP) is -3.12. The van der Waals surface area contributed by atoms with Crippen molar-refractivity contribution < 1.29 is 48.7 Å². The summed E-state index contributed by atoms with van der Waals surface area (Å²) in [6.45, 7) is -1.44. The topological polar surface area (TPSA) is 191 Å². The second-order valence-electron chi connectivity index (χ2n) is 6.48. The van der Waals surface area contributed by atoms with Crippen LogP contribution in [0, 0.1) is 0 Å². The Labute approximate surface area is 142 Å². The molecule has 0 amide bonds. The first-order valence-corrected chi connectivity index (χ1v) is 10.8. The van der Waals surface area contributed by atoms with Crippen LogP contribution in [0.3, 0.4) is 0 Å². The van der Waals surface area contributed by atoms with E-state index in [0.29, 0.717) is 0 Å². The molecule has 7 N–H and O–H groups in total. The normalized spacial score (nSPS) is 35.2. The highest BCUT2D eigenvalue weighted by Gasteiger charge is 2.83. The summed E-state index contributed by atoms with van der Waals surface area (Å²) in [4.78, 5) is 47.1. The second-order valence-corrected chi connectivity index (χ2v) is 11.4. The van der Waals surface area contributed by atoms with Crippen molar-refractivity contribution in [2.75, 3.05) is 13.2 Å². The highest BCUT2D eigenvalue weighted by Crippen LogP contribution is 2.82. The summed E-state index contributed by atoms with van der Waals surface area (Å²) in [5.74, 6) is -0.533. The van der Waals surface area contributed by atoms with Crippen molar-refractivity contribution in [3.63, 3.8) is 0 Å². The minimum atomic E-state index is -5.71. The molecule has 0 radical (unpaired) electrons. The minimum absolute atomic E-state index is 0.0205. The van der Waals surface area contributed by atoms with Crippen LogP contribution in [0.4, 0.5) is 0 Å². The molecule has 1 aromatic rings. The number of aromatic nitrogens is 2. The predicted molar refractivity (Wildman–Crippen MR) is 79.0 cm³/mol. The van der Waals surface area contributed by atoms with Crippen molar-refractivity contribution in [2.24, 2.45) is 0 Å². The molecule has 1 aromatic heterocycles. The number of rotatable bonds is 7. The summed E-state index contributed by atoms with van der Waals surface area (Å²) in [5, 5.41) is 5.61. The summed E-state index contributed by atoms with van der Waals surface area (Å²) in [5.41, 5.74) is 1.82. The van der Waals surface area contributed by atoms with Crippen molar-refractivity contribution in [1.29, 1.82) is 0 Å². The molecule has 5 unspecified atom stereocenters. The van der Waals surface area contributed by atoms with E-state index >= 15 is 0 Å². The molecule has 0 spiro atoms. The number of ketones is 1. The van der Waals surface area contributed by atoms with E-state index in [1.54, 1.807) is 0 Å². The molecule has 0 bridgehead atoms. The van der Waals surface area contributed by atoms with Crippen LogP contribution >= 0.6 is 15.0 Å². The van der Waals surface area contributed by atoms with Gasteiger partial charge in [-0.1, -0.05) is 0 Å². The zero-order valence-electron chi connectivity index (χ0n) is 13.2. The molecular formula is C12H20N3O8P2+. The zero-order chi connectivity index (χ0) is 18.7. The highest BCUT2D eigenvalue weighted by molar-refractivity contribution is 7.75. The maximum absolute atomic E-state index is 13.3. The van der Waals surface area contributed by atoms with E-state index in [1.165, 1.54) is 18.7 Å². The van der Waals surface area contributed by atoms with Crippen LogP contribution in [0.15, 0.2) is 18.7 Å². The van der Waals surface area contributed by atoms with E-state index in [4.69, 9.17) is 4.74 Å². The Morgan fingerprint density at radius 2 is 2.12 bits per heavy atom. The molecule has 25 heavy (non-hydrogen) atoms. The van der Waals surface area contributed by atoms with Crippen molar-refractivity contribution in [1.82, 2.24) is 4.98 Å². The molecule has 11 nitrogen and oxygen atoms in total. The molecule has 2 heterocycles. The Morgan fingerprint density at radius 3 is 2.48 bits per heavy atom. The van der Waals surface area contributed by atoms with Gasteiger partial charge in [0.05, 0.1) is 6.61 Å². The molecule has 2 fully saturated rings. The van der Waals surface area contributed by atoms with Crippen LogP contribution in [0.25, 0.3) is 0 Å². The third-order valence-electron chi connectivity index (χ3n) is 5.39. The summed E-state index contributed by atoms with van der Waals surface area (Å²) in [7, 11) is -10.8. The summed E-state index contributed by atoms with van der Waals surface area (Å²) in [6.07, 6.45) is 4.14. The fourth-order valence-electron chi connectivity index (χ4n) is 3.73. The number of H-pyrrole nitrogens is 1. The Balaban J connectivity index is 2.08. The van der Waals surface area contributed by atoms with Gasteiger partial charge in [0, 0.05) is 0 Å². The lowest BCUT2D eigenvalue weighted by molar-refractivity contribution is -0.702. The largest absolute Gasteiger partial charge is 0.776 e. The third kappa shape index (κ3) is 2.15. The lowest BCUT2D eigenvalue weighted by Crippen LogP contribution is -2.82. The summed E-state index contributed by atoms with van der Waals surface area (Å²) < 4.78 is 31.6. The van der Waals surface area contributed by atoms with Gasteiger partial charge < -0.3 is 34.8 Å². The number of hydrogen-bond donors (Lipinski definition) is 5. The van der Waals surface area contributed by atoms with Crippen molar-refractivity contribution in [3.8, 4) is 0 Å². The summed E-state index contributed by atoms with van der Waals surface area (Å²) in [6, 6.07) is 0. The number of nitrogens with one attached hydrogen (secondary N) is 1. The minimum Gasteiger partial charge on any atom is -0.776 e. The van der Waals surface area contributed by atoms with Gasteiger partial charge in [-0.05, 0) is 12.8 Å². The molecule has 0 aromatic carbocycles. The summed E-state index contributed by atoms with van der Waals surface area (Å²) >= 11 is 0. The molecule has 1 saturated heterocycles. The maximum Gasteiger partial charge on any atom is 0.255 e. The molecule has 13 heteroatoms. The fourth-order valence-corrected chi connectivity index (χ4v) is 8.50. The molecule has 3 rings (SSSR count). The van der Waals surface area contributed by atoms with Crippen LogP contribution in [0.1, 0.15) is 12.8 Å². The number of hydrogen-bond acceptors (Lipinski definition) is 6. The number of ether oxygens (including phenoxy) is 1. The number of aromatic amines is 1. The second kappa shape index (κ2) is 5.55. The van der Waals surface area contributed by atoms with Gasteiger partial charge in [0.2, 0.25) is 17.2 Å². The standard InChI is InChI=1S/C12H19N3O8P2/c13-5-9(16)11-2-1-10(11,7-23-11)24(18,19)12(17,25(20,21)22)6-15-4-3-14-8-15/h3-4,8,17H,1-2,5-7,13H2,(H3,18,19,20,21,22)/p+1. The van der Waals surface area contributed by atoms with E-state index in [-0.39, 0.29) is 26.0 Å². The number of quaternary nitrogens is 1. The molecule has 2 aliphatic rings. The van der Waals surface area contributed by atoms with Gasteiger partial charge in [-0.15, -0.1) is 0 Å². The van der Waals surface area contributed by atoms with Crippen LogP contribution in [-0.2, 0) is 25.2 Å². The van der Waals surface area contributed by atoms with Gasteiger partial charge in [0.25, 0.3) is 7.37 Å². The molecule has 1 aliphatic carbocycles. The SMILES string of the molecule is [NH3+]CC(=O)C12CCC1(P(=O)(O)C(O)(C[n+]1cc[nH]c1)P(=O)([O-])O)CO2. The number of carbonyl (C=O) groups excluding carboxylic acids is 1. The van der Waals surface area contributed by atoms with Gasteiger partial charge in [0.15, 0.2) is 7.60 Å². The number of carbonyl (C=O) groups is 1. The van der Waals surface area contributed by atoms with Crippen LogP contribution in [-0.4, -0.2) is 54.7 Å². The van der Waals surface area contributed by atoms with Gasteiger partial charge in [-0.25, -0.2) is 4.57 Å². The van der Waals surface area contributed by atoms with Gasteiger partial charge in [-0.3, -0.25) is 14.3 Å². The number of nitrogens with zero attached hydrogens (tertiary/aromatic N) is 1. The molecule has 1 aliphatic heterocycles. The van der Waals surface area contributed by atoms with E-state index < -0.39 is 43.1 Å². The Morgan fingerprint density at radius 1 is 1.44 bits per heavy atom. The average molecular weight is 396 g/mol. The van der Waals surface area contributed by atoms with E-state index in [9.17, 15) is 33.7 Å². The fraction of sp³-hybridized carbons (Fsp3) is 0.667. The quantitative estimate of drug-likeness (QED) is 0.236. The van der Waals surface area contributed by atoms with Crippen molar-refractivity contribution >= 4 is 20.7 Å². The van der Waals surface area contributed by atoms with E-state index in [1.807, 2.05) is 0 Å². The number of imidazole rings is 1. The monoisotopic (exact) mass is 396 g/mol. The molecule has 140 valence electrons. The number of aliphatic hydroxyl groups is 1. The van der Waals surface area contributed by atoms with Crippen molar-refractivity contribution in [2.45, 2.75) is 35.2 Å². The van der Waals surface area contributed by atoms with Crippen molar-refractivity contribution in [3.05, 3.63) is 18.7 Å². The van der Waals surface area contributed by atoms with Gasteiger partial charge in [0.1, 0.15) is 36.2 Å². The first-order chi connectivity index (χ1) is 11.5. The van der Waals surface area contributed by atoms with Crippen LogP contribution < -0.4 is 15.2 Å². The first kappa shape index (κ1) is 18.9. The number of Topliss-reactive ketones (excluding diaryl/α,β-unsaturated/α-hetero) is 1. The average Bonchev–Trinajstić information content (AvgIpc) is 3.01. The number of fused-ring (bicyclic) bond motifs is 1.